The van der Waals surface area contributed by atoms with Gasteiger partial charge in [-0.3, -0.25) is 0 Å². The van der Waals surface area contributed by atoms with Crippen molar-refractivity contribution in [3.8, 4) is 11.5 Å². The van der Waals surface area contributed by atoms with Crippen LogP contribution in [-0.4, -0.2) is 25.4 Å². The van der Waals surface area contributed by atoms with E-state index in [2.05, 4.69) is 6.92 Å². The molecule has 0 saturated heterocycles. The fourth-order valence-electron chi connectivity index (χ4n) is 2.46. The van der Waals surface area contributed by atoms with Crippen LogP contribution in [0.25, 0.3) is 0 Å². The van der Waals surface area contributed by atoms with Crippen LogP contribution in [0.1, 0.15) is 37.0 Å². The lowest BCUT2D eigenvalue weighted by atomic mass is 9.92. The molecule has 1 heterocycles. The van der Waals surface area contributed by atoms with E-state index in [1.807, 2.05) is 12.1 Å². The standard InChI is InChI=1S/C14H20O4/c1-4-5-12-14(15)13-9(8-18-12)10(16-2)6-7-11(13)17-3/h6-7,12,14-15H,4-5,8H2,1-3H3/t12-,14-/m1/s1. The Balaban J connectivity index is 2.44. The highest BCUT2D eigenvalue weighted by atomic mass is 16.5. The number of rotatable bonds is 4. The van der Waals surface area contributed by atoms with Crippen LogP contribution in [0.5, 0.6) is 11.5 Å². The number of benzene rings is 1. The molecule has 0 aromatic heterocycles. The maximum atomic E-state index is 10.4. The predicted octanol–water partition coefficient (Wildman–Crippen LogP) is 2.44. The number of hydrogen-bond donors (Lipinski definition) is 1. The lowest BCUT2D eigenvalue weighted by Crippen LogP contribution is -2.28. The molecule has 0 spiro atoms. The fraction of sp³-hybridized carbons (Fsp3) is 0.571. The molecule has 2 atom stereocenters. The maximum Gasteiger partial charge on any atom is 0.125 e. The molecule has 1 aromatic rings. The first-order valence-corrected chi connectivity index (χ1v) is 6.26. The topological polar surface area (TPSA) is 47.9 Å². The number of methoxy groups -OCH3 is 2. The van der Waals surface area contributed by atoms with Crippen molar-refractivity contribution in [2.24, 2.45) is 0 Å². The van der Waals surface area contributed by atoms with Gasteiger partial charge in [0.1, 0.15) is 17.6 Å². The van der Waals surface area contributed by atoms with Crippen molar-refractivity contribution in [2.75, 3.05) is 14.2 Å². The van der Waals surface area contributed by atoms with Gasteiger partial charge in [-0.1, -0.05) is 13.3 Å². The summed E-state index contributed by atoms with van der Waals surface area (Å²) in [4.78, 5) is 0. The van der Waals surface area contributed by atoms with Crippen molar-refractivity contribution >= 4 is 0 Å². The van der Waals surface area contributed by atoms with Gasteiger partial charge in [0, 0.05) is 11.1 Å². The van der Waals surface area contributed by atoms with Crippen LogP contribution < -0.4 is 9.47 Å². The second-order valence-electron chi connectivity index (χ2n) is 4.45. The molecule has 18 heavy (non-hydrogen) atoms. The van der Waals surface area contributed by atoms with Gasteiger partial charge in [0.15, 0.2) is 0 Å². The van der Waals surface area contributed by atoms with E-state index in [1.165, 1.54) is 0 Å². The summed E-state index contributed by atoms with van der Waals surface area (Å²) in [5.41, 5.74) is 1.69. The van der Waals surface area contributed by atoms with Gasteiger partial charge < -0.3 is 19.3 Å². The van der Waals surface area contributed by atoms with E-state index in [4.69, 9.17) is 14.2 Å². The Labute approximate surface area is 107 Å². The molecule has 1 aliphatic heterocycles. The van der Waals surface area contributed by atoms with Crippen LogP contribution in [0.15, 0.2) is 12.1 Å². The maximum absolute atomic E-state index is 10.4. The summed E-state index contributed by atoms with van der Waals surface area (Å²) >= 11 is 0. The highest BCUT2D eigenvalue weighted by molar-refractivity contribution is 5.50. The summed E-state index contributed by atoms with van der Waals surface area (Å²) < 4.78 is 16.4. The van der Waals surface area contributed by atoms with Gasteiger partial charge in [-0.15, -0.1) is 0 Å². The van der Waals surface area contributed by atoms with Crippen LogP contribution in [0.3, 0.4) is 0 Å². The lowest BCUT2D eigenvalue weighted by molar-refractivity contribution is -0.0686. The van der Waals surface area contributed by atoms with Gasteiger partial charge in [-0.2, -0.15) is 0 Å². The Kier molecular flexibility index (Phi) is 4.09. The molecular weight excluding hydrogens is 232 g/mol. The van der Waals surface area contributed by atoms with Crippen LogP contribution >= 0.6 is 0 Å². The summed E-state index contributed by atoms with van der Waals surface area (Å²) in [6.45, 7) is 2.53. The molecule has 1 aromatic carbocycles. The smallest absolute Gasteiger partial charge is 0.125 e. The van der Waals surface area contributed by atoms with Crippen molar-refractivity contribution in [2.45, 2.75) is 38.6 Å². The molecule has 4 heteroatoms. The minimum absolute atomic E-state index is 0.163. The van der Waals surface area contributed by atoms with Gasteiger partial charge >= 0.3 is 0 Å². The number of hydrogen-bond acceptors (Lipinski definition) is 4. The van der Waals surface area contributed by atoms with Crippen LogP contribution in [0.4, 0.5) is 0 Å². The molecule has 0 amide bonds. The first-order chi connectivity index (χ1) is 8.72. The van der Waals surface area contributed by atoms with Crippen LogP contribution in [-0.2, 0) is 11.3 Å². The van der Waals surface area contributed by atoms with E-state index in [1.54, 1.807) is 14.2 Å². The molecule has 1 N–H and O–H groups in total. The van der Waals surface area contributed by atoms with Crippen molar-refractivity contribution < 1.29 is 19.3 Å². The van der Waals surface area contributed by atoms with Crippen LogP contribution in [0, 0.1) is 0 Å². The number of aliphatic hydroxyl groups excluding tert-OH is 1. The van der Waals surface area contributed by atoms with Gasteiger partial charge in [-0.05, 0) is 18.6 Å². The largest absolute Gasteiger partial charge is 0.496 e. The summed E-state index contributed by atoms with van der Waals surface area (Å²) in [5, 5.41) is 10.4. The first-order valence-electron chi connectivity index (χ1n) is 6.26. The molecule has 2 rings (SSSR count). The van der Waals surface area contributed by atoms with Crippen molar-refractivity contribution in [3.63, 3.8) is 0 Å². The molecule has 100 valence electrons. The normalized spacial score (nSPS) is 22.4. The van der Waals surface area contributed by atoms with E-state index in [-0.39, 0.29) is 6.10 Å². The summed E-state index contributed by atoms with van der Waals surface area (Å²) in [5.74, 6) is 1.43. The zero-order chi connectivity index (χ0) is 13.1. The number of aliphatic hydroxyl groups is 1. The summed E-state index contributed by atoms with van der Waals surface area (Å²) in [6.07, 6.45) is 0.992. The Morgan fingerprint density at radius 1 is 1.28 bits per heavy atom. The average molecular weight is 252 g/mol. The molecule has 0 aliphatic carbocycles. The molecule has 0 bridgehead atoms. The SMILES string of the molecule is CCC[C@H]1OCc2c(OC)ccc(OC)c2[C@@H]1O. The number of ether oxygens (including phenoxy) is 3. The molecule has 0 fully saturated rings. The number of fused-ring (bicyclic) bond motifs is 1. The van der Waals surface area contributed by atoms with E-state index < -0.39 is 6.10 Å². The quantitative estimate of drug-likeness (QED) is 0.894. The Bertz CT molecular complexity index is 417. The zero-order valence-corrected chi connectivity index (χ0v) is 11.1. The van der Waals surface area contributed by atoms with E-state index in [0.717, 1.165) is 29.7 Å². The third kappa shape index (κ3) is 2.18. The van der Waals surface area contributed by atoms with Gasteiger partial charge in [0.2, 0.25) is 0 Å². The summed E-state index contributed by atoms with van der Waals surface area (Å²) in [7, 11) is 3.23. The highest BCUT2D eigenvalue weighted by Crippen LogP contribution is 2.41. The third-order valence-electron chi connectivity index (χ3n) is 3.38. The summed E-state index contributed by atoms with van der Waals surface area (Å²) in [6, 6.07) is 3.67. The fourth-order valence-corrected chi connectivity index (χ4v) is 2.46. The molecule has 0 unspecified atom stereocenters. The highest BCUT2D eigenvalue weighted by Gasteiger charge is 2.32. The van der Waals surface area contributed by atoms with E-state index in [9.17, 15) is 5.11 Å². The second-order valence-corrected chi connectivity index (χ2v) is 4.45. The molecule has 0 saturated carbocycles. The van der Waals surface area contributed by atoms with Crippen molar-refractivity contribution in [1.29, 1.82) is 0 Å². The Hall–Kier alpha value is -1.26. The molecule has 0 radical (unpaired) electrons. The van der Waals surface area contributed by atoms with Crippen molar-refractivity contribution in [3.05, 3.63) is 23.3 Å². The lowest BCUT2D eigenvalue weighted by Gasteiger charge is -2.32. The minimum Gasteiger partial charge on any atom is -0.496 e. The predicted molar refractivity (Wildman–Crippen MR) is 68.0 cm³/mol. The second kappa shape index (κ2) is 5.59. The van der Waals surface area contributed by atoms with E-state index in [0.29, 0.717) is 12.4 Å². The Morgan fingerprint density at radius 2 is 1.94 bits per heavy atom. The van der Waals surface area contributed by atoms with Crippen LogP contribution in [0.2, 0.25) is 0 Å². The first kappa shape index (κ1) is 13.2. The molecule has 4 nitrogen and oxygen atoms in total. The molecular formula is C14H20O4. The Morgan fingerprint density at radius 3 is 2.56 bits per heavy atom. The van der Waals surface area contributed by atoms with Gasteiger partial charge in [0.05, 0.1) is 26.9 Å². The monoisotopic (exact) mass is 252 g/mol. The van der Waals surface area contributed by atoms with Gasteiger partial charge in [-0.25, -0.2) is 0 Å². The zero-order valence-electron chi connectivity index (χ0n) is 11.1. The van der Waals surface area contributed by atoms with Crippen molar-refractivity contribution in [1.82, 2.24) is 0 Å². The average Bonchev–Trinajstić information content (AvgIpc) is 2.40. The van der Waals surface area contributed by atoms with Gasteiger partial charge in [0.25, 0.3) is 0 Å². The third-order valence-corrected chi connectivity index (χ3v) is 3.38. The van der Waals surface area contributed by atoms with E-state index >= 15 is 0 Å². The molecule has 1 aliphatic rings. The minimum atomic E-state index is -0.654.